The Balaban J connectivity index is 1.27. The summed E-state index contributed by atoms with van der Waals surface area (Å²) in [4.78, 5) is 35.7. The van der Waals surface area contributed by atoms with Gasteiger partial charge in [-0.1, -0.05) is 18.6 Å². The number of pyridine rings is 1. The van der Waals surface area contributed by atoms with E-state index >= 15 is 0 Å². The highest BCUT2D eigenvalue weighted by Crippen LogP contribution is 2.31. The summed E-state index contributed by atoms with van der Waals surface area (Å²) in [6.07, 6.45) is 10.8. The summed E-state index contributed by atoms with van der Waals surface area (Å²) in [5.41, 5.74) is 10.7. The molecule has 0 bridgehead atoms. The van der Waals surface area contributed by atoms with Gasteiger partial charge in [0.1, 0.15) is 11.2 Å². The molecule has 0 unspecified atom stereocenters. The Kier molecular flexibility index (Phi) is 9.11. The molecule has 1 amide bonds. The molecule has 2 aromatic heterocycles. The lowest BCUT2D eigenvalue weighted by molar-refractivity contribution is 0.0163. The number of nitrogens with one attached hydrogen (secondary N) is 2. The summed E-state index contributed by atoms with van der Waals surface area (Å²) >= 11 is 0. The fraction of sp³-hybridized carbons (Fsp3) is 0.528. The maximum atomic E-state index is 13.8. The number of rotatable bonds is 8. The number of amides is 1. The highest BCUT2D eigenvalue weighted by molar-refractivity contribution is 5.91. The van der Waals surface area contributed by atoms with E-state index in [4.69, 9.17) is 9.47 Å². The number of fused-ring (bicyclic) bond motifs is 1. The van der Waals surface area contributed by atoms with Crippen LogP contribution >= 0.6 is 0 Å². The van der Waals surface area contributed by atoms with Crippen LogP contribution in [0.4, 0.5) is 15.3 Å². The molecular weight excluding hydrogens is 594 g/mol. The van der Waals surface area contributed by atoms with E-state index in [-0.39, 0.29) is 12.6 Å². The third-order valence-corrected chi connectivity index (χ3v) is 8.71. The van der Waals surface area contributed by atoms with Crippen molar-refractivity contribution in [2.75, 3.05) is 24.5 Å². The first-order chi connectivity index (χ1) is 22.3. The number of hydrazine groups is 2. The van der Waals surface area contributed by atoms with Crippen LogP contribution < -0.4 is 15.9 Å². The predicted octanol–water partition coefficient (Wildman–Crippen LogP) is 6.78. The van der Waals surface area contributed by atoms with E-state index in [0.717, 1.165) is 59.3 Å². The Morgan fingerprint density at radius 2 is 1.70 bits per heavy atom. The number of carbonyl (C=O) groups excluding carboxylic acids is 2. The summed E-state index contributed by atoms with van der Waals surface area (Å²) in [7, 11) is 0. The number of benzene rings is 1. The summed E-state index contributed by atoms with van der Waals surface area (Å²) in [5.74, 6) is 0.437. The maximum Gasteiger partial charge on any atom is 0.419 e. The average Bonchev–Trinajstić information content (AvgIpc) is 3.73. The number of carbonyl (C=O) groups is 2. The van der Waals surface area contributed by atoms with Gasteiger partial charge in [0.25, 0.3) is 0 Å². The van der Waals surface area contributed by atoms with Gasteiger partial charge in [-0.05, 0) is 96.9 Å². The molecule has 11 nitrogen and oxygen atoms in total. The number of hydrogen-bond donors (Lipinski definition) is 2. The Labute approximate surface area is 277 Å². The molecule has 1 aromatic carbocycles. The fourth-order valence-corrected chi connectivity index (χ4v) is 6.26. The van der Waals surface area contributed by atoms with Crippen molar-refractivity contribution in [1.82, 2.24) is 30.4 Å². The van der Waals surface area contributed by atoms with Gasteiger partial charge in [0, 0.05) is 48.7 Å². The van der Waals surface area contributed by atoms with Crippen LogP contribution in [0.1, 0.15) is 90.5 Å². The van der Waals surface area contributed by atoms with E-state index in [1.54, 1.807) is 9.47 Å². The number of aromatic nitrogens is 2. The third kappa shape index (κ3) is 8.01. The van der Waals surface area contributed by atoms with Gasteiger partial charge < -0.3 is 24.7 Å². The molecule has 1 saturated carbocycles. The van der Waals surface area contributed by atoms with Crippen LogP contribution in [-0.2, 0) is 22.6 Å². The Bertz CT molecular complexity index is 1640. The molecule has 0 radical (unpaired) electrons. The molecule has 252 valence electrons. The predicted molar refractivity (Wildman–Crippen MR) is 183 cm³/mol. The van der Waals surface area contributed by atoms with Gasteiger partial charge in [0.2, 0.25) is 0 Å². The summed E-state index contributed by atoms with van der Waals surface area (Å²) < 4.78 is 13.3. The number of anilines is 1. The molecule has 6 rings (SSSR count). The van der Waals surface area contributed by atoms with Gasteiger partial charge in [0.15, 0.2) is 0 Å². The molecule has 4 heterocycles. The lowest BCUT2D eigenvalue weighted by Gasteiger charge is -2.33. The number of hydrogen-bond acceptors (Lipinski definition) is 9. The third-order valence-electron chi connectivity index (χ3n) is 8.71. The molecule has 2 aliphatic heterocycles. The Morgan fingerprint density at radius 3 is 2.38 bits per heavy atom. The smallest absolute Gasteiger partial charge is 0.419 e. The van der Waals surface area contributed by atoms with Crippen molar-refractivity contribution < 1.29 is 19.1 Å². The first-order valence-electron chi connectivity index (χ1n) is 16.9. The van der Waals surface area contributed by atoms with E-state index < -0.39 is 17.3 Å². The van der Waals surface area contributed by atoms with Crippen LogP contribution in [0, 0.1) is 5.92 Å². The first kappa shape index (κ1) is 32.7. The van der Waals surface area contributed by atoms with Crippen molar-refractivity contribution in [3.8, 4) is 0 Å². The molecule has 1 saturated heterocycles. The molecule has 2 fully saturated rings. The van der Waals surface area contributed by atoms with Crippen molar-refractivity contribution in [3.63, 3.8) is 0 Å². The van der Waals surface area contributed by atoms with Gasteiger partial charge >= 0.3 is 12.2 Å². The molecule has 2 N–H and O–H groups in total. The zero-order chi connectivity index (χ0) is 33.3. The van der Waals surface area contributed by atoms with Crippen molar-refractivity contribution in [1.29, 1.82) is 0 Å². The minimum atomic E-state index is -0.688. The zero-order valence-corrected chi connectivity index (χ0v) is 28.6. The highest BCUT2D eigenvalue weighted by atomic mass is 16.6. The second-order valence-electron chi connectivity index (χ2n) is 15.0. The Hall–Kier alpha value is -4.25. The molecule has 0 atom stereocenters. The van der Waals surface area contributed by atoms with Crippen LogP contribution in [0.25, 0.3) is 16.6 Å². The van der Waals surface area contributed by atoms with Crippen molar-refractivity contribution in [2.24, 2.45) is 5.92 Å². The molecule has 1 aliphatic carbocycles. The lowest BCUT2D eigenvalue weighted by Crippen LogP contribution is -2.41. The van der Waals surface area contributed by atoms with Crippen LogP contribution in [0.2, 0.25) is 0 Å². The van der Waals surface area contributed by atoms with Gasteiger partial charge in [-0.15, -0.1) is 5.53 Å². The number of nitrogens with zero attached hydrogens (tertiary/aromatic N) is 5. The second-order valence-corrected chi connectivity index (χ2v) is 15.0. The van der Waals surface area contributed by atoms with Crippen LogP contribution in [-0.4, -0.2) is 62.5 Å². The van der Waals surface area contributed by atoms with Crippen LogP contribution in [0.5, 0.6) is 0 Å². The standard InChI is InChI=1S/C36H49N7O4/c1-35(2,3)46-33(44)41(21-25-10-9-11-25)23-30-17-27-13-12-26(16-32(27)43(30)34(45)47-36(4,5)6)22-42-24-31(38-39-42)28-18-29(20-37-19-28)40-14-7-8-15-40/h12-13,16-20,24-25,38-39H,7-11,14-15,21-23H2,1-6H3. The maximum absolute atomic E-state index is 13.8. The number of ether oxygens (including phenoxy) is 2. The van der Waals surface area contributed by atoms with E-state index in [2.05, 4.69) is 33.0 Å². The van der Waals surface area contributed by atoms with Crippen molar-refractivity contribution in [3.05, 3.63) is 65.7 Å². The zero-order valence-electron chi connectivity index (χ0n) is 28.6. The summed E-state index contributed by atoms with van der Waals surface area (Å²) in [6, 6.07) is 10.3. The first-order valence-corrected chi connectivity index (χ1v) is 16.9. The van der Waals surface area contributed by atoms with Gasteiger partial charge in [-0.3, -0.25) is 9.99 Å². The van der Waals surface area contributed by atoms with Gasteiger partial charge in [-0.2, -0.15) is 0 Å². The summed E-state index contributed by atoms with van der Waals surface area (Å²) in [6.45, 7) is 14.7. The minimum absolute atomic E-state index is 0.239. The van der Waals surface area contributed by atoms with E-state index in [1.165, 1.54) is 19.3 Å². The van der Waals surface area contributed by atoms with Crippen molar-refractivity contribution >= 4 is 34.5 Å². The monoisotopic (exact) mass is 643 g/mol. The largest absolute Gasteiger partial charge is 0.444 e. The van der Waals surface area contributed by atoms with E-state index in [9.17, 15) is 9.59 Å². The quantitative estimate of drug-likeness (QED) is 0.275. The topological polar surface area (TPSA) is 104 Å². The molecule has 11 heteroatoms. The fourth-order valence-electron chi connectivity index (χ4n) is 6.26. The van der Waals surface area contributed by atoms with Gasteiger partial charge in [0.05, 0.1) is 36.2 Å². The second kappa shape index (κ2) is 13.1. The summed E-state index contributed by atoms with van der Waals surface area (Å²) in [5, 5.41) is 2.87. The highest BCUT2D eigenvalue weighted by Gasteiger charge is 2.30. The van der Waals surface area contributed by atoms with Crippen LogP contribution in [0.3, 0.4) is 0 Å². The lowest BCUT2D eigenvalue weighted by atomic mass is 9.85. The molecule has 0 spiro atoms. The molecular formula is C36H49N7O4. The SMILES string of the molecule is CC(C)(C)OC(=O)N(Cc1cc2ccc(CN3C=C(c4cncc(N5CCCC5)c4)NN3)cc2n1C(=O)OC(C)(C)C)CC1CCC1. The Morgan fingerprint density at radius 1 is 0.957 bits per heavy atom. The van der Waals surface area contributed by atoms with E-state index in [1.807, 2.05) is 83.3 Å². The molecule has 3 aliphatic rings. The minimum Gasteiger partial charge on any atom is -0.444 e. The van der Waals surface area contributed by atoms with Crippen LogP contribution in [0.15, 0.2) is 48.9 Å². The van der Waals surface area contributed by atoms with Crippen molar-refractivity contribution in [2.45, 2.75) is 97.9 Å². The van der Waals surface area contributed by atoms with E-state index in [0.29, 0.717) is 24.7 Å². The molecule has 47 heavy (non-hydrogen) atoms. The average molecular weight is 644 g/mol. The van der Waals surface area contributed by atoms with Gasteiger partial charge in [-0.25, -0.2) is 14.2 Å². The molecule has 3 aromatic rings. The normalized spacial score (nSPS) is 17.0.